The average Bonchev–Trinajstić information content (AvgIpc) is 3.01. The molecule has 0 radical (unpaired) electrons. The molecule has 1 aliphatic carbocycles. The zero-order chi connectivity index (χ0) is 18.3. The van der Waals surface area contributed by atoms with Crippen LogP contribution in [0.3, 0.4) is 0 Å². The van der Waals surface area contributed by atoms with Gasteiger partial charge in [-0.3, -0.25) is 4.79 Å². The van der Waals surface area contributed by atoms with E-state index in [0.717, 1.165) is 37.7 Å². The van der Waals surface area contributed by atoms with Crippen LogP contribution in [0.25, 0.3) is 0 Å². The monoisotopic (exact) mass is 346 g/mol. The lowest BCUT2D eigenvalue weighted by atomic mass is 9.78. The SMILES string of the molecule is CC(C)CCC1(C(=O)OCC(C)C)CCCC1OCc1ccccc1. The van der Waals surface area contributed by atoms with E-state index in [2.05, 4.69) is 39.8 Å². The highest BCUT2D eigenvalue weighted by Gasteiger charge is 2.50. The third-order valence-corrected chi connectivity index (χ3v) is 5.12. The molecule has 0 amide bonds. The molecule has 1 aromatic carbocycles. The smallest absolute Gasteiger partial charge is 0.314 e. The van der Waals surface area contributed by atoms with E-state index in [-0.39, 0.29) is 12.1 Å². The summed E-state index contributed by atoms with van der Waals surface area (Å²) in [7, 11) is 0. The normalized spacial score (nSPS) is 23.4. The Labute approximate surface area is 153 Å². The molecule has 25 heavy (non-hydrogen) atoms. The molecule has 0 heterocycles. The molecule has 140 valence electrons. The van der Waals surface area contributed by atoms with Crippen molar-refractivity contribution in [2.75, 3.05) is 6.61 Å². The fourth-order valence-corrected chi connectivity index (χ4v) is 3.61. The van der Waals surface area contributed by atoms with Crippen molar-refractivity contribution in [2.24, 2.45) is 17.3 Å². The van der Waals surface area contributed by atoms with Crippen molar-refractivity contribution in [1.29, 1.82) is 0 Å². The van der Waals surface area contributed by atoms with Gasteiger partial charge in [-0.25, -0.2) is 0 Å². The summed E-state index contributed by atoms with van der Waals surface area (Å²) in [5.74, 6) is 0.888. The van der Waals surface area contributed by atoms with Crippen molar-refractivity contribution in [1.82, 2.24) is 0 Å². The molecule has 1 saturated carbocycles. The van der Waals surface area contributed by atoms with E-state index < -0.39 is 5.41 Å². The number of rotatable bonds is 9. The Bertz CT molecular complexity index is 523. The first-order valence-corrected chi connectivity index (χ1v) is 9.77. The van der Waals surface area contributed by atoms with Gasteiger partial charge in [0.05, 0.1) is 24.7 Å². The number of benzene rings is 1. The third kappa shape index (κ3) is 5.57. The molecule has 2 rings (SSSR count). The average molecular weight is 347 g/mol. The Morgan fingerprint density at radius 3 is 2.52 bits per heavy atom. The molecular formula is C22H34O3. The van der Waals surface area contributed by atoms with Crippen LogP contribution in [0.2, 0.25) is 0 Å². The van der Waals surface area contributed by atoms with Gasteiger partial charge in [0.15, 0.2) is 0 Å². The van der Waals surface area contributed by atoms with Crippen molar-refractivity contribution in [3.63, 3.8) is 0 Å². The van der Waals surface area contributed by atoms with Crippen molar-refractivity contribution < 1.29 is 14.3 Å². The van der Waals surface area contributed by atoms with Crippen LogP contribution < -0.4 is 0 Å². The summed E-state index contributed by atoms with van der Waals surface area (Å²) in [6.45, 7) is 9.63. The van der Waals surface area contributed by atoms with Gasteiger partial charge in [0.25, 0.3) is 0 Å². The maximum atomic E-state index is 13.0. The molecule has 0 aliphatic heterocycles. The number of ether oxygens (including phenoxy) is 2. The lowest BCUT2D eigenvalue weighted by Crippen LogP contribution is -2.42. The van der Waals surface area contributed by atoms with E-state index in [9.17, 15) is 4.79 Å². The van der Waals surface area contributed by atoms with Gasteiger partial charge in [0.1, 0.15) is 0 Å². The zero-order valence-electron chi connectivity index (χ0n) is 16.3. The van der Waals surface area contributed by atoms with Crippen LogP contribution in [0.4, 0.5) is 0 Å². The standard InChI is InChI=1S/C22H34O3/c1-17(2)12-14-22(21(23)25-15-18(3)4)13-8-11-20(22)24-16-19-9-6-5-7-10-19/h5-7,9-10,17-18,20H,8,11-16H2,1-4H3. The second-order valence-electron chi connectivity index (χ2n) is 8.26. The molecule has 2 unspecified atom stereocenters. The van der Waals surface area contributed by atoms with Gasteiger partial charge >= 0.3 is 5.97 Å². The van der Waals surface area contributed by atoms with E-state index >= 15 is 0 Å². The van der Waals surface area contributed by atoms with Crippen molar-refractivity contribution >= 4 is 5.97 Å². The number of hydrogen-bond acceptors (Lipinski definition) is 3. The van der Waals surface area contributed by atoms with Gasteiger partial charge in [-0.05, 0) is 49.5 Å². The Kier molecular flexibility index (Phi) is 7.49. The van der Waals surface area contributed by atoms with E-state index in [1.807, 2.05) is 18.2 Å². The molecule has 0 spiro atoms. The fraction of sp³-hybridized carbons (Fsp3) is 0.682. The van der Waals surface area contributed by atoms with Gasteiger partial charge in [-0.1, -0.05) is 58.0 Å². The molecule has 3 nitrogen and oxygen atoms in total. The molecule has 1 fully saturated rings. The van der Waals surface area contributed by atoms with Gasteiger partial charge in [-0.15, -0.1) is 0 Å². The highest BCUT2D eigenvalue weighted by atomic mass is 16.5. The molecular weight excluding hydrogens is 312 g/mol. The van der Waals surface area contributed by atoms with Crippen LogP contribution in [-0.4, -0.2) is 18.7 Å². The minimum atomic E-state index is -0.464. The van der Waals surface area contributed by atoms with E-state index in [1.54, 1.807) is 0 Å². The largest absolute Gasteiger partial charge is 0.465 e. The van der Waals surface area contributed by atoms with Crippen molar-refractivity contribution in [3.05, 3.63) is 35.9 Å². The van der Waals surface area contributed by atoms with Crippen LogP contribution in [0.15, 0.2) is 30.3 Å². The van der Waals surface area contributed by atoms with E-state index in [1.165, 1.54) is 0 Å². The molecule has 3 heteroatoms. The highest BCUT2D eigenvalue weighted by Crippen LogP contribution is 2.46. The molecule has 1 aliphatic rings. The Morgan fingerprint density at radius 2 is 1.88 bits per heavy atom. The number of esters is 1. The van der Waals surface area contributed by atoms with Crippen LogP contribution >= 0.6 is 0 Å². The van der Waals surface area contributed by atoms with E-state index in [0.29, 0.717) is 25.0 Å². The molecule has 0 N–H and O–H groups in total. The summed E-state index contributed by atoms with van der Waals surface area (Å²) >= 11 is 0. The van der Waals surface area contributed by atoms with Crippen molar-refractivity contribution in [2.45, 2.75) is 72.5 Å². The second-order valence-corrected chi connectivity index (χ2v) is 8.26. The summed E-state index contributed by atoms with van der Waals surface area (Å²) in [6, 6.07) is 10.2. The summed E-state index contributed by atoms with van der Waals surface area (Å²) in [6.07, 6.45) is 4.72. The van der Waals surface area contributed by atoms with Gasteiger partial charge < -0.3 is 9.47 Å². The van der Waals surface area contributed by atoms with Gasteiger partial charge in [0.2, 0.25) is 0 Å². The predicted octanol–water partition coefficient (Wildman–Crippen LogP) is 5.38. The molecule has 2 atom stereocenters. The molecule has 0 saturated heterocycles. The molecule has 0 aromatic heterocycles. The predicted molar refractivity (Wildman–Crippen MR) is 101 cm³/mol. The molecule has 0 bridgehead atoms. The quantitative estimate of drug-likeness (QED) is 0.563. The molecule has 1 aromatic rings. The minimum absolute atomic E-state index is 0.0360. The van der Waals surface area contributed by atoms with Crippen LogP contribution in [0, 0.1) is 17.3 Å². The Morgan fingerprint density at radius 1 is 1.16 bits per heavy atom. The van der Waals surface area contributed by atoms with E-state index in [4.69, 9.17) is 9.47 Å². The maximum Gasteiger partial charge on any atom is 0.314 e. The first-order chi connectivity index (χ1) is 11.9. The van der Waals surface area contributed by atoms with Crippen LogP contribution in [0.1, 0.15) is 65.4 Å². The van der Waals surface area contributed by atoms with Crippen LogP contribution in [-0.2, 0) is 20.9 Å². The van der Waals surface area contributed by atoms with Gasteiger partial charge in [0, 0.05) is 0 Å². The lowest BCUT2D eigenvalue weighted by Gasteiger charge is -2.34. The first kappa shape index (κ1) is 20.0. The third-order valence-electron chi connectivity index (χ3n) is 5.12. The summed E-state index contributed by atoms with van der Waals surface area (Å²) in [4.78, 5) is 13.0. The Balaban J connectivity index is 2.09. The lowest BCUT2D eigenvalue weighted by molar-refractivity contribution is -0.167. The summed E-state index contributed by atoms with van der Waals surface area (Å²) in [5.41, 5.74) is 0.691. The number of hydrogen-bond donors (Lipinski definition) is 0. The van der Waals surface area contributed by atoms with Crippen LogP contribution in [0.5, 0.6) is 0 Å². The second kappa shape index (κ2) is 9.38. The number of carbonyl (C=O) groups is 1. The fourth-order valence-electron chi connectivity index (χ4n) is 3.61. The van der Waals surface area contributed by atoms with Crippen molar-refractivity contribution in [3.8, 4) is 0 Å². The summed E-state index contributed by atoms with van der Waals surface area (Å²) < 4.78 is 12.0. The summed E-state index contributed by atoms with van der Waals surface area (Å²) in [5, 5.41) is 0. The number of carbonyl (C=O) groups excluding carboxylic acids is 1. The topological polar surface area (TPSA) is 35.5 Å². The van der Waals surface area contributed by atoms with Gasteiger partial charge in [-0.2, -0.15) is 0 Å². The minimum Gasteiger partial charge on any atom is -0.465 e. The zero-order valence-corrected chi connectivity index (χ0v) is 16.3. The Hall–Kier alpha value is -1.35. The first-order valence-electron chi connectivity index (χ1n) is 9.77. The maximum absolute atomic E-state index is 13.0. The highest BCUT2D eigenvalue weighted by molar-refractivity contribution is 5.78.